The van der Waals surface area contributed by atoms with E-state index in [0.29, 0.717) is 13.1 Å². The van der Waals surface area contributed by atoms with E-state index in [1.165, 1.54) is 11.1 Å². The molecule has 0 radical (unpaired) electrons. The SMILES string of the molecule is CC(C(=O)N1CCc2ccccc2C1CN1CC[C@H](O)C1)(c1ccccc1)c1ccccc1. The van der Waals surface area contributed by atoms with Gasteiger partial charge in [-0.3, -0.25) is 9.69 Å². The topological polar surface area (TPSA) is 43.8 Å². The third-order valence-corrected chi connectivity index (χ3v) is 7.48. The van der Waals surface area contributed by atoms with Gasteiger partial charge in [-0.2, -0.15) is 0 Å². The van der Waals surface area contributed by atoms with Gasteiger partial charge in [-0.05, 0) is 42.0 Å². The Morgan fingerprint density at radius 1 is 0.909 bits per heavy atom. The monoisotopic (exact) mass is 440 g/mol. The number of carbonyl (C=O) groups excluding carboxylic acids is 1. The van der Waals surface area contributed by atoms with E-state index in [4.69, 9.17) is 0 Å². The van der Waals surface area contributed by atoms with Crippen LogP contribution in [-0.2, 0) is 16.6 Å². The summed E-state index contributed by atoms with van der Waals surface area (Å²) in [5, 5.41) is 10.1. The van der Waals surface area contributed by atoms with Crippen LogP contribution in [0.4, 0.5) is 0 Å². The first-order valence-corrected chi connectivity index (χ1v) is 12.0. The molecule has 2 atom stereocenters. The van der Waals surface area contributed by atoms with E-state index in [1.807, 2.05) is 36.4 Å². The smallest absolute Gasteiger partial charge is 0.237 e. The van der Waals surface area contributed by atoms with Gasteiger partial charge in [-0.15, -0.1) is 0 Å². The third-order valence-electron chi connectivity index (χ3n) is 7.48. The number of carbonyl (C=O) groups is 1. The highest BCUT2D eigenvalue weighted by atomic mass is 16.3. The molecule has 2 heterocycles. The van der Waals surface area contributed by atoms with E-state index < -0.39 is 5.41 Å². The minimum absolute atomic E-state index is 0.0282. The number of likely N-dealkylation sites (tertiary alicyclic amines) is 1. The molecule has 1 N–H and O–H groups in total. The molecule has 0 bridgehead atoms. The minimum Gasteiger partial charge on any atom is -0.392 e. The number of aliphatic hydroxyl groups is 1. The summed E-state index contributed by atoms with van der Waals surface area (Å²) in [4.78, 5) is 18.9. The van der Waals surface area contributed by atoms with Crippen LogP contribution in [-0.4, -0.2) is 53.1 Å². The van der Waals surface area contributed by atoms with Gasteiger partial charge in [0.15, 0.2) is 0 Å². The quantitative estimate of drug-likeness (QED) is 0.647. The third kappa shape index (κ3) is 4.09. The van der Waals surface area contributed by atoms with Crippen LogP contribution in [0.5, 0.6) is 0 Å². The number of fused-ring (bicyclic) bond motifs is 1. The van der Waals surface area contributed by atoms with E-state index in [9.17, 15) is 9.90 Å². The molecule has 4 heteroatoms. The Labute approximate surface area is 196 Å². The van der Waals surface area contributed by atoms with E-state index in [-0.39, 0.29) is 18.1 Å². The highest BCUT2D eigenvalue weighted by molar-refractivity contribution is 5.92. The second kappa shape index (κ2) is 9.12. The van der Waals surface area contributed by atoms with Crippen LogP contribution in [0.15, 0.2) is 84.9 Å². The molecule has 3 aromatic rings. The van der Waals surface area contributed by atoms with Crippen LogP contribution in [0, 0.1) is 0 Å². The summed E-state index contributed by atoms with van der Waals surface area (Å²) < 4.78 is 0. The lowest BCUT2D eigenvalue weighted by atomic mass is 9.74. The normalized spacial score (nSPS) is 21.1. The van der Waals surface area contributed by atoms with Gasteiger partial charge in [0.2, 0.25) is 5.91 Å². The molecule has 2 aliphatic rings. The van der Waals surface area contributed by atoms with Gasteiger partial charge in [0.1, 0.15) is 0 Å². The van der Waals surface area contributed by atoms with Crippen LogP contribution >= 0.6 is 0 Å². The summed E-state index contributed by atoms with van der Waals surface area (Å²) >= 11 is 0. The maximum atomic E-state index is 14.5. The average molecular weight is 441 g/mol. The van der Waals surface area contributed by atoms with Crippen molar-refractivity contribution in [2.45, 2.75) is 37.3 Å². The van der Waals surface area contributed by atoms with Crippen molar-refractivity contribution in [2.75, 3.05) is 26.2 Å². The van der Waals surface area contributed by atoms with E-state index in [1.54, 1.807) is 0 Å². The van der Waals surface area contributed by atoms with Crippen molar-refractivity contribution >= 4 is 5.91 Å². The van der Waals surface area contributed by atoms with Crippen molar-refractivity contribution in [2.24, 2.45) is 0 Å². The highest BCUT2D eigenvalue weighted by Gasteiger charge is 2.44. The molecule has 1 amide bonds. The first-order chi connectivity index (χ1) is 16.1. The lowest BCUT2D eigenvalue weighted by Crippen LogP contribution is -2.52. The molecule has 33 heavy (non-hydrogen) atoms. The number of aliphatic hydroxyl groups excluding tert-OH is 1. The van der Waals surface area contributed by atoms with Gasteiger partial charge in [-0.1, -0.05) is 84.9 Å². The van der Waals surface area contributed by atoms with Crippen molar-refractivity contribution in [3.05, 3.63) is 107 Å². The van der Waals surface area contributed by atoms with Crippen molar-refractivity contribution in [3.8, 4) is 0 Å². The minimum atomic E-state index is -0.780. The van der Waals surface area contributed by atoms with E-state index >= 15 is 0 Å². The standard InChI is InChI=1S/C29H32N2O2/c1-29(23-11-4-2-5-12-23,24-13-6-3-7-14-24)28(33)31-19-16-22-10-8-9-15-26(22)27(31)21-30-18-17-25(32)20-30/h2-15,25,27,32H,16-21H2,1H3/t25-,27?/m0/s1. The number of nitrogens with zero attached hydrogens (tertiary/aromatic N) is 2. The highest BCUT2D eigenvalue weighted by Crippen LogP contribution is 2.39. The number of rotatable bonds is 5. The van der Waals surface area contributed by atoms with Crippen LogP contribution in [0.1, 0.15) is 41.6 Å². The molecule has 170 valence electrons. The van der Waals surface area contributed by atoms with Gasteiger partial charge in [-0.25, -0.2) is 0 Å². The summed E-state index contributed by atoms with van der Waals surface area (Å²) in [6.07, 6.45) is 1.39. The van der Waals surface area contributed by atoms with Gasteiger partial charge in [0, 0.05) is 26.2 Å². The molecule has 1 unspecified atom stereocenters. The number of hydrogen-bond acceptors (Lipinski definition) is 3. The fraction of sp³-hybridized carbons (Fsp3) is 0.345. The molecule has 1 saturated heterocycles. The van der Waals surface area contributed by atoms with Crippen LogP contribution in [0.3, 0.4) is 0 Å². The molecule has 0 aromatic heterocycles. The Balaban J connectivity index is 1.56. The van der Waals surface area contributed by atoms with Crippen LogP contribution < -0.4 is 0 Å². The molecule has 1 fully saturated rings. The second-order valence-electron chi connectivity index (χ2n) is 9.52. The van der Waals surface area contributed by atoms with Gasteiger partial charge < -0.3 is 10.0 Å². The lowest BCUT2D eigenvalue weighted by molar-refractivity contribution is -0.139. The number of amides is 1. The van der Waals surface area contributed by atoms with Crippen LogP contribution in [0.25, 0.3) is 0 Å². The van der Waals surface area contributed by atoms with Gasteiger partial charge >= 0.3 is 0 Å². The molecular weight excluding hydrogens is 408 g/mol. The summed E-state index contributed by atoms with van der Waals surface area (Å²) in [7, 11) is 0. The molecule has 5 rings (SSSR count). The second-order valence-corrected chi connectivity index (χ2v) is 9.52. The maximum absolute atomic E-state index is 14.5. The molecule has 4 nitrogen and oxygen atoms in total. The molecular formula is C29H32N2O2. The van der Waals surface area contributed by atoms with Crippen LogP contribution in [0.2, 0.25) is 0 Å². The summed E-state index contributed by atoms with van der Waals surface area (Å²) in [5.74, 6) is 0.138. The van der Waals surface area contributed by atoms with Gasteiger partial charge in [0.05, 0.1) is 17.6 Å². The van der Waals surface area contributed by atoms with Crippen molar-refractivity contribution < 1.29 is 9.90 Å². The lowest BCUT2D eigenvalue weighted by Gasteiger charge is -2.44. The fourth-order valence-electron chi connectivity index (χ4n) is 5.56. The first kappa shape index (κ1) is 21.9. The zero-order valence-electron chi connectivity index (χ0n) is 19.2. The summed E-state index contributed by atoms with van der Waals surface area (Å²) in [6, 6.07) is 28.8. The Morgan fingerprint density at radius 2 is 1.52 bits per heavy atom. The largest absolute Gasteiger partial charge is 0.392 e. The molecule has 0 saturated carbocycles. The first-order valence-electron chi connectivity index (χ1n) is 12.0. The predicted molar refractivity (Wildman–Crippen MR) is 131 cm³/mol. The summed E-state index contributed by atoms with van der Waals surface area (Å²) in [6.45, 7) is 5.06. The fourth-order valence-corrected chi connectivity index (χ4v) is 5.56. The Bertz CT molecular complexity index is 1060. The van der Waals surface area contributed by atoms with Crippen molar-refractivity contribution in [1.29, 1.82) is 0 Å². The van der Waals surface area contributed by atoms with Gasteiger partial charge in [0.25, 0.3) is 0 Å². The molecule has 3 aromatic carbocycles. The van der Waals surface area contributed by atoms with E-state index in [2.05, 4.69) is 65.3 Å². The zero-order valence-corrected chi connectivity index (χ0v) is 19.2. The predicted octanol–water partition coefficient (Wildman–Crippen LogP) is 4.19. The maximum Gasteiger partial charge on any atom is 0.237 e. The van der Waals surface area contributed by atoms with Crippen molar-refractivity contribution in [3.63, 3.8) is 0 Å². The Kier molecular flexibility index (Phi) is 6.05. The zero-order chi connectivity index (χ0) is 22.8. The number of benzene rings is 3. The Morgan fingerprint density at radius 3 is 2.12 bits per heavy atom. The molecule has 0 aliphatic carbocycles. The molecule has 2 aliphatic heterocycles. The Hall–Kier alpha value is -2.95. The number of β-amino-alcohol motifs (C(OH)–C–C–N with tert-alkyl or cyclic N) is 1. The molecule has 0 spiro atoms. The summed E-state index contributed by atoms with van der Waals surface area (Å²) in [5.41, 5.74) is 3.80. The number of hydrogen-bond donors (Lipinski definition) is 1. The average Bonchev–Trinajstić information content (AvgIpc) is 3.29. The van der Waals surface area contributed by atoms with E-state index in [0.717, 1.165) is 37.1 Å². The van der Waals surface area contributed by atoms with Crippen molar-refractivity contribution in [1.82, 2.24) is 9.80 Å².